The number of thiophene rings is 1. The summed E-state index contributed by atoms with van der Waals surface area (Å²) in [5, 5.41) is 2.05. The summed E-state index contributed by atoms with van der Waals surface area (Å²) in [5.74, 6) is -0.0157. The molecule has 0 atom stereocenters. The highest BCUT2D eigenvalue weighted by Gasteiger charge is 2.16. The summed E-state index contributed by atoms with van der Waals surface area (Å²) in [6.45, 7) is 0.759. The molecule has 0 spiro atoms. The third kappa shape index (κ3) is 3.11. The van der Waals surface area contributed by atoms with Crippen LogP contribution in [0.3, 0.4) is 0 Å². The van der Waals surface area contributed by atoms with E-state index >= 15 is 0 Å². The first-order chi connectivity index (χ1) is 9.49. The van der Waals surface area contributed by atoms with Crippen molar-refractivity contribution in [2.24, 2.45) is 0 Å². The first kappa shape index (κ1) is 14.4. The molecule has 0 saturated carbocycles. The van der Waals surface area contributed by atoms with Crippen molar-refractivity contribution in [2.75, 3.05) is 31.8 Å². The average molecular weight is 289 g/mol. The summed E-state index contributed by atoms with van der Waals surface area (Å²) in [5.41, 5.74) is 8.05. The van der Waals surface area contributed by atoms with E-state index in [2.05, 4.69) is 16.3 Å². The third-order valence-corrected chi connectivity index (χ3v) is 3.90. The SMILES string of the molecule is CN(C)C(=O)c1ccc(N)cc1N(C)Cc1cccs1. The van der Waals surface area contributed by atoms with Gasteiger partial charge in [0.1, 0.15) is 0 Å². The van der Waals surface area contributed by atoms with Crippen LogP contribution >= 0.6 is 11.3 Å². The summed E-state index contributed by atoms with van der Waals surface area (Å²) in [6, 6.07) is 9.52. The van der Waals surface area contributed by atoms with E-state index in [1.165, 1.54) is 4.88 Å². The minimum absolute atomic E-state index is 0.0157. The number of nitrogens with two attached hydrogens (primary N) is 1. The Balaban J connectivity index is 2.33. The number of hydrogen-bond donors (Lipinski definition) is 1. The van der Waals surface area contributed by atoms with E-state index in [0.29, 0.717) is 11.3 Å². The van der Waals surface area contributed by atoms with Crippen LogP contribution in [-0.4, -0.2) is 32.0 Å². The van der Waals surface area contributed by atoms with E-state index in [1.54, 1.807) is 42.5 Å². The molecule has 0 aliphatic carbocycles. The summed E-state index contributed by atoms with van der Waals surface area (Å²) in [4.78, 5) is 17.1. The van der Waals surface area contributed by atoms with Gasteiger partial charge in [-0.1, -0.05) is 6.07 Å². The smallest absolute Gasteiger partial charge is 0.255 e. The lowest BCUT2D eigenvalue weighted by Gasteiger charge is -2.23. The van der Waals surface area contributed by atoms with Gasteiger partial charge in [0.05, 0.1) is 17.8 Å². The number of nitrogens with zero attached hydrogens (tertiary/aromatic N) is 2. The van der Waals surface area contributed by atoms with Crippen LogP contribution in [-0.2, 0) is 6.54 Å². The van der Waals surface area contributed by atoms with E-state index in [0.717, 1.165) is 12.2 Å². The maximum atomic E-state index is 12.2. The van der Waals surface area contributed by atoms with Gasteiger partial charge in [-0.15, -0.1) is 11.3 Å². The van der Waals surface area contributed by atoms with E-state index < -0.39 is 0 Å². The Morgan fingerprint density at radius 3 is 2.60 bits per heavy atom. The van der Waals surface area contributed by atoms with E-state index in [-0.39, 0.29) is 5.91 Å². The van der Waals surface area contributed by atoms with Gasteiger partial charge < -0.3 is 15.5 Å². The van der Waals surface area contributed by atoms with Crippen LogP contribution in [0, 0.1) is 0 Å². The number of rotatable bonds is 4. The Hall–Kier alpha value is -2.01. The molecule has 0 unspecified atom stereocenters. The van der Waals surface area contributed by atoms with Crippen molar-refractivity contribution in [2.45, 2.75) is 6.54 Å². The minimum Gasteiger partial charge on any atom is -0.399 e. The van der Waals surface area contributed by atoms with Crippen molar-refractivity contribution < 1.29 is 4.79 Å². The molecule has 1 aromatic carbocycles. The number of nitrogen functional groups attached to an aromatic ring is 1. The molecule has 0 aliphatic heterocycles. The second-order valence-electron chi connectivity index (χ2n) is 4.91. The monoisotopic (exact) mass is 289 g/mol. The fourth-order valence-electron chi connectivity index (χ4n) is 2.01. The molecule has 20 heavy (non-hydrogen) atoms. The highest BCUT2D eigenvalue weighted by molar-refractivity contribution is 7.09. The van der Waals surface area contributed by atoms with Crippen LogP contribution in [0.4, 0.5) is 11.4 Å². The van der Waals surface area contributed by atoms with Crippen molar-refractivity contribution in [1.82, 2.24) is 4.90 Å². The van der Waals surface area contributed by atoms with Gasteiger partial charge in [0, 0.05) is 31.7 Å². The van der Waals surface area contributed by atoms with E-state index in [1.807, 2.05) is 19.2 Å². The number of carbonyl (C=O) groups excluding carboxylic acids is 1. The van der Waals surface area contributed by atoms with Crippen LogP contribution in [0.25, 0.3) is 0 Å². The summed E-state index contributed by atoms with van der Waals surface area (Å²) < 4.78 is 0. The van der Waals surface area contributed by atoms with E-state index in [9.17, 15) is 4.79 Å². The molecule has 0 fully saturated rings. The molecule has 106 valence electrons. The lowest BCUT2D eigenvalue weighted by atomic mass is 10.1. The van der Waals surface area contributed by atoms with Crippen molar-refractivity contribution >= 4 is 28.6 Å². The molecule has 0 aliphatic rings. The number of carbonyl (C=O) groups is 1. The van der Waals surface area contributed by atoms with Crippen molar-refractivity contribution in [3.63, 3.8) is 0 Å². The predicted molar refractivity (Wildman–Crippen MR) is 85.3 cm³/mol. The van der Waals surface area contributed by atoms with Gasteiger partial charge in [0.25, 0.3) is 5.91 Å². The van der Waals surface area contributed by atoms with Gasteiger partial charge >= 0.3 is 0 Å². The quantitative estimate of drug-likeness (QED) is 0.880. The van der Waals surface area contributed by atoms with Gasteiger partial charge in [-0.3, -0.25) is 4.79 Å². The van der Waals surface area contributed by atoms with Crippen LogP contribution in [0.2, 0.25) is 0 Å². The Morgan fingerprint density at radius 2 is 2.00 bits per heavy atom. The Labute approximate surface area is 123 Å². The highest BCUT2D eigenvalue weighted by Crippen LogP contribution is 2.26. The molecule has 1 aromatic heterocycles. The lowest BCUT2D eigenvalue weighted by molar-refractivity contribution is 0.0828. The van der Waals surface area contributed by atoms with Crippen LogP contribution < -0.4 is 10.6 Å². The second kappa shape index (κ2) is 5.96. The molecule has 1 amide bonds. The summed E-state index contributed by atoms with van der Waals surface area (Å²) in [7, 11) is 5.48. The van der Waals surface area contributed by atoms with Gasteiger partial charge in [0.15, 0.2) is 0 Å². The zero-order chi connectivity index (χ0) is 14.7. The van der Waals surface area contributed by atoms with Gasteiger partial charge in [-0.25, -0.2) is 0 Å². The fraction of sp³-hybridized carbons (Fsp3) is 0.267. The average Bonchev–Trinajstić information content (AvgIpc) is 2.90. The molecule has 0 bridgehead atoms. The van der Waals surface area contributed by atoms with Crippen LogP contribution in [0.1, 0.15) is 15.2 Å². The fourth-order valence-corrected chi connectivity index (χ4v) is 2.76. The number of hydrogen-bond acceptors (Lipinski definition) is 4. The third-order valence-electron chi connectivity index (χ3n) is 3.04. The Bertz CT molecular complexity index is 593. The second-order valence-corrected chi connectivity index (χ2v) is 5.94. The zero-order valence-corrected chi connectivity index (χ0v) is 12.8. The normalized spacial score (nSPS) is 10.3. The molecular formula is C15H19N3OS. The molecule has 5 heteroatoms. The molecule has 0 saturated heterocycles. The number of amides is 1. The van der Waals surface area contributed by atoms with Crippen molar-refractivity contribution in [3.8, 4) is 0 Å². The molecular weight excluding hydrogens is 270 g/mol. The van der Waals surface area contributed by atoms with Crippen molar-refractivity contribution in [1.29, 1.82) is 0 Å². The Morgan fingerprint density at radius 1 is 1.25 bits per heavy atom. The summed E-state index contributed by atoms with van der Waals surface area (Å²) >= 11 is 1.70. The lowest BCUT2D eigenvalue weighted by Crippen LogP contribution is -2.26. The first-order valence-corrected chi connectivity index (χ1v) is 7.21. The maximum absolute atomic E-state index is 12.2. The molecule has 2 aromatic rings. The minimum atomic E-state index is -0.0157. The topological polar surface area (TPSA) is 49.6 Å². The van der Waals surface area contributed by atoms with Crippen LogP contribution in [0.5, 0.6) is 0 Å². The molecule has 0 radical (unpaired) electrons. The zero-order valence-electron chi connectivity index (χ0n) is 12.0. The summed E-state index contributed by atoms with van der Waals surface area (Å²) in [6.07, 6.45) is 0. The largest absolute Gasteiger partial charge is 0.399 e. The van der Waals surface area contributed by atoms with Crippen LogP contribution in [0.15, 0.2) is 35.7 Å². The molecule has 2 rings (SSSR count). The predicted octanol–water partition coefficient (Wildman–Crippen LogP) is 2.67. The van der Waals surface area contributed by atoms with E-state index in [4.69, 9.17) is 5.73 Å². The number of benzene rings is 1. The van der Waals surface area contributed by atoms with Gasteiger partial charge in [0.2, 0.25) is 0 Å². The Kier molecular flexibility index (Phi) is 4.29. The highest BCUT2D eigenvalue weighted by atomic mass is 32.1. The van der Waals surface area contributed by atoms with Gasteiger partial charge in [-0.2, -0.15) is 0 Å². The first-order valence-electron chi connectivity index (χ1n) is 6.33. The number of anilines is 2. The molecule has 1 heterocycles. The maximum Gasteiger partial charge on any atom is 0.255 e. The van der Waals surface area contributed by atoms with Gasteiger partial charge in [-0.05, 0) is 29.6 Å². The van der Waals surface area contributed by atoms with Crippen molar-refractivity contribution in [3.05, 3.63) is 46.2 Å². The molecule has 2 N–H and O–H groups in total. The standard InChI is InChI=1S/C15H19N3OS/c1-17(2)15(19)13-7-6-11(16)9-14(13)18(3)10-12-5-4-8-20-12/h4-9H,10,16H2,1-3H3. The molecule has 4 nitrogen and oxygen atoms in total.